The van der Waals surface area contributed by atoms with Gasteiger partial charge < -0.3 is 16.6 Å². The molecule has 6 nitrogen and oxygen atoms in total. The normalized spacial score (nSPS) is 16.8. The van der Waals surface area contributed by atoms with E-state index in [-0.39, 0.29) is 5.75 Å². The van der Waals surface area contributed by atoms with Crippen molar-refractivity contribution in [3.05, 3.63) is 0 Å². The maximum absolute atomic E-state index is 11.0. The summed E-state index contributed by atoms with van der Waals surface area (Å²) in [5, 5.41) is 9.55. The fraction of sp³-hybridized carbons (Fsp3) is 0.900. The molecule has 0 aliphatic heterocycles. The average Bonchev–Trinajstić information content (AvgIpc) is 2.13. The summed E-state index contributed by atoms with van der Waals surface area (Å²) in [4.78, 5) is 4.02. The number of nitrogens with two attached hydrogens (primary N) is 2. The largest absolute Gasteiger partial charge is 0.390 e. The van der Waals surface area contributed by atoms with E-state index >= 15 is 0 Å². The number of aliphatic imine (C=N–C) groups is 1. The lowest BCUT2D eigenvalue weighted by Gasteiger charge is -2.17. The Bertz CT molecular complexity index is 337. The van der Waals surface area contributed by atoms with Crippen LogP contribution in [0.15, 0.2) is 4.99 Å². The maximum Gasteiger partial charge on any atom is 0.150 e. The van der Waals surface area contributed by atoms with E-state index < -0.39 is 22.0 Å². The van der Waals surface area contributed by atoms with Gasteiger partial charge in [0.1, 0.15) is 9.84 Å². The van der Waals surface area contributed by atoms with Crippen molar-refractivity contribution < 1.29 is 13.5 Å². The Balaban J connectivity index is 3.79. The van der Waals surface area contributed by atoms with Gasteiger partial charge >= 0.3 is 0 Å². The van der Waals surface area contributed by atoms with Crippen LogP contribution in [0.5, 0.6) is 0 Å². The molecule has 17 heavy (non-hydrogen) atoms. The van der Waals surface area contributed by atoms with Gasteiger partial charge in [-0.15, -0.1) is 0 Å². The van der Waals surface area contributed by atoms with Crippen LogP contribution in [0.2, 0.25) is 0 Å². The second-order valence-electron chi connectivity index (χ2n) is 4.34. The van der Waals surface area contributed by atoms with Crippen LogP contribution in [0.3, 0.4) is 0 Å². The Morgan fingerprint density at radius 1 is 1.41 bits per heavy atom. The Morgan fingerprint density at radius 2 is 2.00 bits per heavy atom. The molecule has 0 saturated heterocycles. The van der Waals surface area contributed by atoms with E-state index in [1.165, 1.54) is 0 Å². The minimum Gasteiger partial charge on any atom is -0.390 e. The van der Waals surface area contributed by atoms with Crippen LogP contribution in [0.1, 0.15) is 26.2 Å². The number of hydrogen-bond acceptors (Lipinski definition) is 5. The molecule has 0 fully saturated rings. The van der Waals surface area contributed by atoms with Crippen molar-refractivity contribution in [2.45, 2.75) is 38.3 Å². The molecule has 0 aromatic carbocycles. The fourth-order valence-electron chi connectivity index (χ4n) is 1.37. The van der Waals surface area contributed by atoms with Gasteiger partial charge in [0.2, 0.25) is 0 Å². The second-order valence-corrected chi connectivity index (χ2v) is 6.53. The molecule has 0 aromatic heterocycles. The topological polar surface area (TPSA) is 119 Å². The van der Waals surface area contributed by atoms with Crippen molar-refractivity contribution in [3.8, 4) is 0 Å². The molecular weight excluding hydrogens is 242 g/mol. The predicted molar refractivity (Wildman–Crippen MR) is 69.7 cm³/mol. The highest BCUT2D eigenvalue weighted by Gasteiger charge is 2.19. The average molecular weight is 265 g/mol. The number of rotatable bonds is 8. The van der Waals surface area contributed by atoms with Crippen LogP contribution in [0.25, 0.3) is 0 Å². The lowest BCUT2D eigenvalue weighted by molar-refractivity contribution is 0.160. The third-order valence-corrected chi connectivity index (χ3v) is 3.22. The molecule has 0 rings (SSSR count). The van der Waals surface area contributed by atoms with Gasteiger partial charge in [-0.25, -0.2) is 8.42 Å². The molecule has 1 unspecified atom stereocenters. The smallest absolute Gasteiger partial charge is 0.150 e. The van der Waals surface area contributed by atoms with Crippen molar-refractivity contribution in [3.63, 3.8) is 0 Å². The Kier molecular flexibility index (Phi) is 7.33. The molecule has 0 aliphatic carbocycles. The highest BCUT2D eigenvalue weighted by atomic mass is 32.2. The van der Waals surface area contributed by atoms with E-state index in [9.17, 15) is 13.5 Å². The van der Waals surface area contributed by atoms with Crippen LogP contribution in [-0.2, 0) is 9.84 Å². The molecule has 2 atom stereocenters. The number of hydrogen-bond donors (Lipinski definition) is 3. The van der Waals surface area contributed by atoms with Crippen LogP contribution < -0.4 is 11.5 Å². The predicted octanol–water partition coefficient (Wildman–Crippen LogP) is -0.733. The van der Waals surface area contributed by atoms with Crippen LogP contribution >= 0.6 is 0 Å². The molecule has 0 radical (unpaired) electrons. The first-order chi connectivity index (χ1) is 7.72. The van der Waals surface area contributed by atoms with Crippen molar-refractivity contribution in [1.82, 2.24) is 0 Å². The first-order valence-electron chi connectivity index (χ1n) is 5.60. The number of unbranched alkanes of at least 4 members (excludes halogenated alkanes) is 1. The summed E-state index contributed by atoms with van der Waals surface area (Å²) in [6, 6.07) is -0.507. The Hall–Kier alpha value is -0.660. The first-order valence-corrected chi connectivity index (χ1v) is 7.66. The van der Waals surface area contributed by atoms with Gasteiger partial charge in [0, 0.05) is 18.8 Å². The van der Waals surface area contributed by atoms with Gasteiger partial charge in [0.05, 0.1) is 17.7 Å². The third-order valence-electron chi connectivity index (χ3n) is 2.27. The summed E-state index contributed by atoms with van der Waals surface area (Å²) in [6.45, 7) is 2.36. The van der Waals surface area contributed by atoms with Crippen LogP contribution in [0, 0.1) is 0 Å². The summed E-state index contributed by atoms with van der Waals surface area (Å²) in [5.41, 5.74) is 11.1. The van der Waals surface area contributed by atoms with Gasteiger partial charge in [0.25, 0.3) is 0 Å². The van der Waals surface area contributed by atoms with Gasteiger partial charge in [-0.3, -0.25) is 4.99 Å². The van der Waals surface area contributed by atoms with E-state index in [0.717, 1.165) is 19.1 Å². The molecule has 7 heteroatoms. The number of amidine groups is 1. The minimum absolute atomic E-state index is 0.284. The van der Waals surface area contributed by atoms with E-state index in [1.54, 1.807) is 6.92 Å². The summed E-state index contributed by atoms with van der Waals surface area (Å²) < 4.78 is 21.9. The zero-order valence-electron chi connectivity index (χ0n) is 10.5. The molecule has 0 aliphatic rings. The Labute approximate surface area is 103 Å². The quantitative estimate of drug-likeness (QED) is 0.303. The number of nitrogens with zero attached hydrogens (tertiary/aromatic N) is 1. The number of aliphatic hydroxyl groups excluding tert-OH is 1. The molecular formula is C10H23N3O3S. The summed E-state index contributed by atoms with van der Waals surface area (Å²) in [7, 11) is -3.18. The molecule has 5 N–H and O–H groups in total. The summed E-state index contributed by atoms with van der Waals surface area (Å²) in [5.74, 6) is 0.264. The molecule has 0 amide bonds. The van der Waals surface area contributed by atoms with Crippen molar-refractivity contribution in [2.75, 3.05) is 18.6 Å². The van der Waals surface area contributed by atoms with Gasteiger partial charge in [-0.1, -0.05) is 0 Å². The van der Waals surface area contributed by atoms with E-state index in [1.807, 2.05) is 0 Å². The van der Waals surface area contributed by atoms with Crippen molar-refractivity contribution in [2.24, 2.45) is 16.5 Å². The minimum atomic E-state index is -3.18. The number of sulfone groups is 1. The molecule has 0 heterocycles. The molecule has 0 bridgehead atoms. The van der Waals surface area contributed by atoms with E-state index in [0.29, 0.717) is 18.8 Å². The SMILES string of the molecule is CC(N)=NCCCC[C@H](N)C(O)CS(C)(=O)=O. The van der Waals surface area contributed by atoms with Crippen LogP contribution in [-0.4, -0.2) is 50.1 Å². The highest BCUT2D eigenvalue weighted by Crippen LogP contribution is 2.05. The zero-order chi connectivity index (χ0) is 13.5. The maximum atomic E-state index is 11.0. The summed E-state index contributed by atoms with van der Waals surface area (Å²) in [6.07, 6.45) is 2.29. The van der Waals surface area contributed by atoms with Gasteiger partial charge in [-0.05, 0) is 26.2 Å². The van der Waals surface area contributed by atoms with Crippen molar-refractivity contribution >= 4 is 15.7 Å². The molecule has 0 spiro atoms. The standard InChI is InChI=1S/C10H23N3O3S/c1-8(11)13-6-4-3-5-9(12)10(14)7-17(2,15)16/h9-10,14H,3-7,12H2,1-2H3,(H2,11,13)/t9-,10?/m0/s1. The second kappa shape index (κ2) is 7.62. The van der Waals surface area contributed by atoms with Gasteiger partial charge in [-0.2, -0.15) is 0 Å². The zero-order valence-corrected chi connectivity index (χ0v) is 11.3. The van der Waals surface area contributed by atoms with Crippen molar-refractivity contribution in [1.29, 1.82) is 0 Å². The highest BCUT2D eigenvalue weighted by molar-refractivity contribution is 7.90. The van der Waals surface area contributed by atoms with E-state index in [2.05, 4.69) is 4.99 Å². The molecule has 0 saturated carbocycles. The molecule has 102 valence electrons. The monoisotopic (exact) mass is 265 g/mol. The fourth-order valence-corrected chi connectivity index (χ4v) is 2.24. The van der Waals surface area contributed by atoms with Gasteiger partial charge in [0.15, 0.2) is 0 Å². The molecule has 0 aromatic rings. The number of aliphatic hydroxyl groups is 1. The summed E-state index contributed by atoms with van der Waals surface area (Å²) >= 11 is 0. The third kappa shape index (κ3) is 10.2. The first kappa shape index (κ1) is 16.3. The lowest BCUT2D eigenvalue weighted by atomic mass is 10.1. The lowest BCUT2D eigenvalue weighted by Crippen LogP contribution is -2.39. The van der Waals surface area contributed by atoms with E-state index in [4.69, 9.17) is 11.5 Å². The Morgan fingerprint density at radius 3 is 2.47 bits per heavy atom. The van der Waals surface area contributed by atoms with Crippen LogP contribution in [0.4, 0.5) is 0 Å².